The summed E-state index contributed by atoms with van der Waals surface area (Å²) in [7, 11) is 2.14. The number of para-hydroxylation sites is 1. The second-order valence-corrected chi connectivity index (χ2v) is 7.01. The number of anilines is 1. The molecule has 1 unspecified atom stereocenters. The lowest BCUT2D eigenvalue weighted by Crippen LogP contribution is -2.36. The fourth-order valence-corrected chi connectivity index (χ4v) is 2.62. The van der Waals surface area contributed by atoms with Gasteiger partial charge in [0.15, 0.2) is 0 Å². The predicted molar refractivity (Wildman–Crippen MR) is 90.8 cm³/mol. The third kappa shape index (κ3) is 4.99. The van der Waals surface area contributed by atoms with E-state index < -0.39 is 0 Å². The molecule has 0 aliphatic heterocycles. The topological polar surface area (TPSA) is 15.3 Å². The molecule has 0 heterocycles. The van der Waals surface area contributed by atoms with Crippen LogP contribution in [0, 0.1) is 0 Å². The van der Waals surface area contributed by atoms with Crippen LogP contribution < -0.4 is 10.2 Å². The Morgan fingerprint density at radius 3 is 2.50 bits per heavy atom. The second kappa shape index (κ2) is 7.33. The molecule has 2 nitrogen and oxygen atoms in total. The first-order valence-electron chi connectivity index (χ1n) is 7.51. The average molecular weight is 297 g/mol. The minimum absolute atomic E-state index is 0.104. The smallest absolute Gasteiger partial charge is 0.0642 e. The van der Waals surface area contributed by atoms with Crippen LogP contribution in [0.15, 0.2) is 18.2 Å². The van der Waals surface area contributed by atoms with Crippen molar-refractivity contribution in [3.05, 3.63) is 28.8 Å². The molecular formula is C17H29ClN2. The Morgan fingerprint density at radius 2 is 1.95 bits per heavy atom. The maximum atomic E-state index is 6.45. The second-order valence-electron chi connectivity index (χ2n) is 6.60. The molecule has 0 saturated heterocycles. The summed E-state index contributed by atoms with van der Waals surface area (Å²) in [6.45, 7) is 11.9. The van der Waals surface area contributed by atoms with Gasteiger partial charge in [0.25, 0.3) is 0 Å². The lowest BCUT2D eigenvalue weighted by atomic mass is 10.1. The van der Waals surface area contributed by atoms with Crippen LogP contribution in [0.25, 0.3) is 0 Å². The third-order valence-corrected chi connectivity index (χ3v) is 3.90. The van der Waals surface area contributed by atoms with Crippen molar-refractivity contribution in [3.63, 3.8) is 0 Å². The zero-order valence-electron chi connectivity index (χ0n) is 13.8. The Kier molecular flexibility index (Phi) is 6.35. The number of hydrogen-bond donors (Lipinski definition) is 1. The number of rotatable bonds is 6. The molecule has 0 saturated carbocycles. The van der Waals surface area contributed by atoms with Gasteiger partial charge >= 0.3 is 0 Å². The van der Waals surface area contributed by atoms with E-state index in [2.05, 4.69) is 57.9 Å². The Morgan fingerprint density at radius 1 is 1.30 bits per heavy atom. The van der Waals surface area contributed by atoms with Gasteiger partial charge in [0.1, 0.15) is 0 Å². The van der Waals surface area contributed by atoms with Crippen LogP contribution in [-0.2, 0) is 6.54 Å². The average Bonchev–Trinajstić information content (AvgIpc) is 2.35. The van der Waals surface area contributed by atoms with Crippen molar-refractivity contribution in [2.45, 2.75) is 65.6 Å². The van der Waals surface area contributed by atoms with Crippen molar-refractivity contribution in [2.75, 3.05) is 11.9 Å². The minimum atomic E-state index is 0.104. The van der Waals surface area contributed by atoms with Gasteiger partial charge in [-0.2, -0.15) is 0 Å². The highest BCUT2D eigenvalue weighted by Crippen LogP contribution is 2.31. The molecule has 0 radical (unpaired) electrons. The zero-order valence-corrected chi connectivity index (χ0v) is 14.5. The Hall–Kier alpha value is -0.730. The third-order valence-electron chi connectivity index (χ3n) is 3.60. The predicted octanol–water partition coefficient (Wildman–Crippen LogP) is 4.85. The molecule has 20 heavy (non-hydrogen) atoms. The summed E-state index contributed by atoms with van der Waals surface area (Å²) in [6, 6.07) is 6.67. The molecule has 1 rings (SSSR count). The molecule has 0 amide bonds. The van der Waals surface area contributed by atoms with Crippen LogP contribution >= 0.6 is 11.6 Å². The highest BCUT2D eigenvalue weighted by Gasteiger charge is 2.17. The Balaban J connectivity index is 2.98. The Labute approximate surface area is 129 Å². The van der Waals surface area contributed by atoms with Crippen molar-refractivity contribution in [1.82, 2.24) is 5.32 Å². The van der Waals surface area contributed by atoms with E-state index in [1.807, 2.05) is 12.1 Å². The fraction of sp³-hybridized carbons (Fsp3) is 0.647. The molecule has 1 atom stereocenters. The van der Waals surface area contributed by atoms with Crippen LogP contribution in [0.3, 0.4) is 0 Å². The van der Waals surface area contributed by atoms with Crippen molar-refractivity contribution in [1.29, 1.82) is 0 Å². The highest BCUT2D eigenvalue weighted by molar-refractivity contribution is 6.33. The summed E-state index contributed by atoms with van der Waals surface area (Å²) in [5.74, 6) is 0. The first-order chi connectivity index (χ1) is 9.26. The summed E-state index contributed by atoms with van der Waals surface area (Å²) < 4.78 is 0. The molecule has 0 aliphatic carbocycles. The summed E-state index contributed by atoms with van der Waals surface area (Å²) in [4.78, 5) is 2.31. The van der Waals surface area contributed by atoms with Gasteiger partial charge in [0, 0.05) is 25.2 Å². The summed E-state index contributed by atoms with van der Waals surface area (Å²) in [5.41, 5.74) is 2.53. The van der Waals surface area contributed by atoms with Crippen LogP contribution in [-0.4, -0.2) is 18.6 Å². The first-order valence-corrected chi connectivity index (χ1v) is 7.89. The van der Waals surface area contributed by atoms with E-state index in [1.165, 1.54) is 18.4 Å². The molecule has 0 aromatic heterocycles. The number of nitrogens with one attached hydrogen (secondary N) is 1. The standard InChI is InChI=1S/C17H29ClN2/c1-7-9-13(2)20(6)16-14(10-8-11-15(16)18)12-19-17(3,4)5/h8,10-11,13,19H,7,9,12H2,1-6H3. The van der Waals surface area contributed by atoms with E-state index in [0.717, 1.165) is 17.3 Å². The lowest BCUT2D eigenvalue weighted by molar-refractivity contribution is 0.424. The van der Waals surface area contributed by atoms with Gasteiger partial charge in [-0.05, 0) is 45.7 Å². The van der Waals surface area contributed by atoms with Crippen LogP contribution in [0.5, 0.6) is 0 Å². The SMILES string of the molecule is CCCC(C)N(C)c1c(Cl)cccc1CNC(C)(C)C. The minimum Gasteiger partial charge on any atom is -0.370 e. The summed E-state index contributed by atoms with van der Waals surface area (Å²) in [5, 5.41) is 4.38. The normalized spacial score (nSPS) is 13.3. The quantitative estimate of drug-likeness (QED) is 0.807. The molecule has 1 aromatic rings. The maximum Gasteiger partial charge on any atom is 0.0642 e. The van der Waals surface area contributed by atoms with Crippen LogP contribution in [0.4, 0.5) is 5.69 Å². The molecular weight excluding hydrogens is 268 g/mol. The van der Waals surface area contributed by atoms with Crippen LogP contribution in [0.2, 0.25) is 5.02 Å². The van der Waals surface area contributed by atoms with E-state index in [4.69, 9.17) is 11.6 Å². The largest absolute Gasteiger partial charge is 0.370 e. The van der Waals surface area contributed by atoms with Gasteiger partial charge < -0.3 is 10.2 Å². The van der Waals surface area contributed by atoms with E-state index in [1.54, 1.807) is 0 Å². The van der Waals surface area contributed by atoms with Gasteiger partial charge in [-0.25, -0.2) is 0 Å². The number of nitrogens with zero attached hydrogens (tertiary/aromatic N) is 1. The van der Waals surface area contributed by atoms with Crippen molar-refractivity contribution < 1.29 is 0 Å². The van der Waals surface area contributed by atoms with Gasteiger partial charge in [0.2, 0.25) is 0 Å². The molecule has 0 bridgehead atoms. The van der Waals surface area contributed by atoms with Crippen LogP contribution in [0.1, 0.15) is 53.0 Å². The van der Waals surface area contributed by atoms with Crippen molar-refractivity contribution in [2.24, 2.45) is 0 Å². The van der Waals surface area contributed by atoms with Crippen molar-refractivity contribution >= 4 is 17.3 Å². The van der Waals surface area contributed by atoms with E-state index in [9.17, 15) is 0 Å². The number of hydrogen-bond acceptors (Lipinski definition) is 2. The van der Waals surface area contributed by atoms with Gasteiger partial charge in [0.05, 0.1) is 10.7 Å². The first kappa shape index (κ1) is 17.3. The molecule has 114 valence electrons. The van der Waals surface area contributed by atoms with E-state index in [0.29, 0.717) is 6.04 Å². The number of halogens is 1. The molecule has 3 heteroatoms. The van der Waals surface area contributed by atoms with E-state index in [-0.39, 0.29) is 5.54 Å². The van der Waals surface area contributed by atoms with Gasteiger partial charge in [-0.1, -0.05) is 37.1 Å². The number of benzene rings is 1. The van der Waals surface area contributed by atoms with Crippen molar-refractivity contribution in [3.8, 4) is 0 Å². The summed E-state index contributed by atoms with van der Waals surface area (Å²) >= 11 is 6.45. The molecule has 1 N–H and O–H groups in total. The fourth-order valence-electron chi connectivity index (χ4n) is 2.29. The summed E-state index contributed by atoms with van der Waals surface area (Å²) in [6.07, 6.45) is 2.36. The van der Waals surface area contributed by atoms with E-state index >= 15 is 0 Å². The van der Waals surface area contributed by atoms with Gasteiger partial charge in [-0.3, -0.25) is 0 Å². The molecule has 1 aromatic carbocycles. The lowest BCUT2D eigenvalue weighted by Gasteiger charge is -2.31. The molecule has 0 aliphatic rings. The van der Waals surface area contributed by atoms with Gasteiger partial charge in [-0.15, -0.1) is 0 Å². The molecule has 0 spiro atoms. The monoisotopic (exact) mass is 296 g/mol. The molecule has 0 fully saturated rings. The highest BCUT2D eigenvalue weighted by atomic mass is 35.5. The maximum absolute atomic E-state index is 6.45. The Bertz CT molecular complexity index is 423. The zero-order chi connectivity index (χ0) is 15.3.